The fourth-order valence-electron chi connectivity index (χ4n) is 2.74. The van der Waals surface area contributed by atoms with Crippen molar-refractivity contribution in [2.45, 2.75) is 25.7 Å². The molecular formula is C17H21N3O2. The van der Waals surface area contributed by atoms with Gasteiger partial charge in [0.2, 0.25) is 5.91 Å². The van der Waals surface area contributed by atoms with Crippen molar-refractivity contribution in [3.05, 3.63) is 47.8 Å². The van der Waals surface area contributed by atoms with E-state index in [1.165, 1.54) is 5.56 Å². The number of amides is 1. The number of aromatic amines is 1. The summed E-state index contributed by atoms with van der Waals surface area (Å²) in [6, 6.07) is 8.11. The highest BCUT2D eigenvalue weighted by atomic mass is 16.5. The second kappa shape index (κ2) is 7.11. The first-order valence-corrected chi connectivity index (χ1v) is 7.76. The molecule has 2 aromatic rings. The molecule has 0 bridgehead atoms. The van der Waals surface area contributed by atoms with Crippen LogP contribution in [0.2, 0.25) is 0 Å². The zero-order valence-corrected chi connectivity index (χ0v) is 12.5. The summed E-state index contributed by atoms with van der Waals surface area (Å²) in [6.45, 7) is 1.35. The summed E-state index contributed by atoms with van der Waals surface area (Å²) in [4.78, 5) is 11.9. The predicted molar refractivity (Wildman–Crippen MR) is 83.7 cm³/mol. The number of hydrogen-bond donors (Lipinski definition) is 2. The molecule has 0 aliphatic carbocycles. The number of aryl methyl sites for hydroxylation is 1. The molecule has 0 unspecified atom stereocenters. The van der Waals surface area contributed by atoms with Crippen molar-refractivity contribution in [2.24, 2.45) is 5.92 Å². The number of aromatic nitrogens is 2. The summed E-state index contributed by atoms with van der Waals surface area (Å²) in [6.07, 6.45) is 6.91. The Labute approximate surface area is 130 Å². The van der Waals surface area contributed by atoms with E-state index >= 15 is 0 Å². The second-order valence-electron chi connectivity index (χ2n) is 5.75. The largest absolute Gasteiger partial charge is 0.493 e. The summed E-state index contributed by atoms with van der Waals surface area (Å²) in [5.41, 5.74) is 2.37. The van der Waals surface area contributed by atoms with E-state index in [1.807, 2.05) is 24.4 Å². The van der Waals surface area contributed by atoms with Crippen LogP contribution >= 0.6 is 0 Å². The van der Waals surface area contributed by atoms with Crippen LogP contribution in [0.3, 0.4) is 0 Å². The van der Waals surface area contributed by atoms with Crippen LogP contribution in [0.15, 0.2) is 36.7 Å². The van der Waals surface area contributed by atoms with E-state index in [4.69, 9.17) is 4.74 Å². The summed E-state index contributed by atoms with van der Waals surface area (Å²) in [5.74, 6) is 1.44. The first-order valence-electron chi connectivity index (χ1n) is 7.76. The molecule has 3 rings (SSSR count). The van der Waals surface area contributed by atoms with E-state index in [0.717, 1.165) is 30.6 Å². The van der Waals surface area contributed by atoms with Gasteiger partial charge in [0, 0.05) is 25.1 Å². The van der Waals surface area contributed by atoms with E-state index in [-0.39, 0.29) is 5.91 Å². The third-order valence-corrected chi connectivity index (χ3v) is 3.97. The first-order chi connectivity index (χ1) is 10.8. The van der Waals surface area contributed by atoms with E-state index < -0.39 is 0 Å². The van der Waals surface area contributed by atoms with Crippen molar-refractivity contribution >= 4 is 5.91 Å². The molecule has 0 saturated carbocycles. The van der Waals surface area contributed by atoms with Gasteiger partial charge >= 0.3 is 0 Å². The average molecular weight is 299 g/mol. The smallest absolute Gasteiger partial charge is 0.220 e. The predicted octanol–water partition coefficient (Wildman–Crippen LogP) is 2.10. The van der Waals surface area contributed by atoms with Crippen molar-refractivity contribution < 1.29 is 9.53 Å². The molecule has 1 amide bonds. The highest BCUT2D eigenvalue weighted by molar-refractivity contribution is 5.75. The fourth-order valence-corrected chi connectivity index (χ4v) is 2.74. The summed E-state index contributed by atoms with van der Waals surface area (Å²) < 4.78 is 5.74. The molecule has 5 nitrogen and oxygen atoms in total. The van der Waals surface area contributed by atoms with Crippen molar-refractivity contribution in [2.75, 3.05) is 13.2 Å². The highest BCUT2D eigenvalue weighted by Gasteiger charge is 2.19. The number of para-hydroxylation sites is 1. The van der Waals surface area contributed by atoms with Crippen molar-refractivity contribution in [3.8, 4) is 5.75 Å². The lowest BCUT2D eigenvalue weighted by atomic mass is 9.97. The first kappa shape index (κ1) is 14.6. The normalized spacial score (nSPS) is 16.6. The molecule has 0 spiro atoms. The van der Waals surface area contributed by atoms with E-state index in [2.05, 4.69) is 21.6 Å². The number of nitrogens with zero attached hydrogens (tertiary/aromatic N) is 1. The summed E-state index contributed by atoms with van der Waals surface area (Å²) >= 11 is 0. The summed E-state index contributed by atoms with van der Waals surface area (Å²) in [5, 5.41) is 9.70. The molecule has 5 heteroatoms. The number of H-pyrrole nitrogens is 1. The number of benzene rings is 1. The summed E-state index contributed by atoms with van der Waals surface area (Å²) in [7, 11) is 0. The van der Waals surface area contributed by atoms with E-state index in [1.54, 1.807) is 6.20 Å². The van der Waals surface area contributed by atoms with Crippen LogP contribution in [0.4, 0.5) is 0 Å². The Kier molecular flexibility index (Phi) is 4.73. The lowest BCUT2D eigenvalue weighted by Gasteiger charge is -2.25. The third-order valence-electron chi connectivity index (χ3n) is 3.97. The molecule has 1 aromatic carbocycles. The van der Waals surface area contributed by atoms with Gasteiger partial charge in [-0.25, -0.2) is 0 Å². The van der Waals surface area contributed by atoms with Gasteiger partial charge in [0.05, 0.1) is 12.8 Å². The lowest BCUT2D eigenvalue weighted by Crippen LogP contribution is -2.34. The van der Waals surface area contributed by atoms with Crippen molar-refractivity contribution in [1.82, 2.24) is 15.5 Å². The lowest BCUT2D eigenvalue weighted by molar-refractivity contribution is -0.121. The Hall–Kier alpha value is -2.30. The molecule has 2 N–H and O–H groups in total. The van der Waals surface area contributed by atoms with Crippen molar-refractivity contribution in [3.63, 3.8) is 0 Å². The molecule has 1 aliphatic rings. The van der Waals surface area contributed by atoms with Gasteiger partial charge in [0.15, 0.2) is 0 Å². The quantitative estimate of drug-likeness (QED) is 0.858. The van der Waals surface area contributed by atoms with Crippen LogP contribution in [0.5, 0.6) is 5.75 Å². The molecule has 1 aliphatic heterocycles. The fraction of sp³-hybridized carbons (Fsp3) is 0.412. The maximum Gasteiger partial charge on any atom is 0.220 e. The van der Waals surface area contributed by atoms with Gasteiger partial charge in [-0.05, 0) is 36.5 Å². The molecule has 0 fully saturated rings. The van der Waals surface area contributed by atoms with Crippen molar-refractivity contribution in [1.29, 1.82) is 0 Å². The van der Waals surface area contributed by atoms with E-state index in [0.29, 0.717) is 25.5 Å². The molecule has 22 heavy (non-hydrogen) atoms. The second-order valence-corrected chi connectivity index (χ2v) is 5.75. The number of hydrogen-bond acceptors (Lipinski definition) is 3. The maximum absolute atomic E-state index is 11.9. The Morgan fingerprint density at radius 3 is 3.18 bits per heavy atom. The van der Waals surface area contributed by atoms with Crippen LogP contribution in [0.25, 0.3) is 0 Å². The molecular weight excluding hydrogens is 278 g/mol. The molecule has 1 aromatic heterocycles. The van der Waals surface area contributed by atoms with Gasteiger partial charge in [-0.1, -0.05) is 18.2 Å². The molecule has 2 heterocycles. The Morgan fingerprint density at radius 1 is 1.41 bits per heavy atom. The number of carbonyl (C=O) groups excluding carboxylic acids is 1. The molecule has 116 valence electrons. The Bertz CT molecular complexity index is 610. The number of carbonyl (C=O) groups is 1. The monoisotopic (exact) mass is 299 g/mol. The van der Waals surface area contributed by atoms with Crippen LogP contribution in [-0.2, 0) is 17.6 Å². The SMILES string of the molecule is O=C(CCCc1cn[nH]c1)NC[C@@H]1COc2ccccc2C1. The van der Waals surface area contributed by atoms with Crippen LogP contribution in [-0.4, -0.2) is 29.3 Å². The topological polar surface area (TPSA) is 67.0 Å². The van der Waals surface area contributed by atoms with Gasteiger partial charge in [0.25, 0.3) is 0 Å². The third kappa shape index (κ3) is 3.87. The van der Waals surface area contributed by atoms with Gasteiger partial charge < -0.3 is 10.1 Å². The average Bonchev–Trinajstić information content (AvgIpc) is 3.06. The Morgan fingerprint density at radius 2 is 2.32 bits per heavy atom. The Balaban J connectivity index is 1.37. The molecule has 0 radical (unpaired) electrons. The van der Waals surface area contributed by atoms with Crippen LogP contribution in [0.1, 0.15) is 24.0 Å². The highest BCUT2D eigenvalue weighted by Crippen LogP contribution is 2.26. The number of ether oxygens (including phenoxy) is 1. The van der Waals surface area contributed by atoms with E-state index in [9.17, 15) is 4.79 Å². The van der Waals surface area contributed by atoms with Gasteiger partial charge in [0.1, 0.15) is 5.75 Å². The van der Waals surface area contributed by atoms with Crippen LogP contribution < -0.4 is 10.1 Å². The molecule has 1 atom stereocenters. The minimum Gasteiger partial charge on any atom is -0.493 e. The van der Waals surface area contributed by atoms with Gasteiger partial charge in [-0.3, -0.25) is 9.89 Å². The number of nitrogens with one attached hydrogen (secondary N) is 2. The van der Waals surface area contributed by atoms with Gasteiger partial charge in [-0.2, -0.15) is 5.10 Å². The minimum absolute atomic E-state index is 0.113. The minimum atomic E-state index is 0.113. The van der Waals surface area contributed by atoms with Gasteiger partial charge in [-0.15, -0.1) is 0 Å². The zero-order chi connectivity index (χ0) is 15.2. The number of fused-ring (bicyclic) bond motifs is 1. The number of rotatable bonds is 6. The molecule has 0 saturated heterocycles. The zero-order valence-electron chi connectivity index (χ0n) is 12.5. The standard InChI is InChI=1S/C17H21N3O2/c21-17(7-3-4-13-10-19-20-11-13)18-9-14-8-15-5-1-2-6-16(15)22-12-14/h1-2,5-6,10-11,14H,3-4,7-9,12H2,(H,18,21)(H,19,20)/t14-/m1/s1. The van der Waals surface area contributed by atoms with Crippen LogP contribution in [0, 0.1) is 5.92 Å². The maximum atomic E-state index is 11.9.